The van der Waals surface area contributed by atoms with Gasteiger partial charge in [0.2, 0.25) is 0 Å². The number of hydrogen-bond acceptors (Lipinski definition) is 2. The van der Waals surface area contributed by atoms with Gasteiger partial charge in [0.05, 0.1) is 6.54 Å². The summed E-state index contributed by atoms with van der Waals surface area (Å²) in [5, 5.41) is 6.88. The molecule has 1 aromatic carbocycles. The first kappa shape index (κ1) is 15.4. The molecule has 0 radical (unpaired) electrons. The molecule has 1 aromatic heterocycles. The molecule has 0 saturated heterocycles. The average molecular weight is 311 g/mol. The normalized spacial score (nSPS) is 14.7. The van der Waals surface area contributed by atoms with E-state index in [1.807, 2.05) is 6.20 Å². The Morgan fingerprint density at radius 1 is 1.23 bits per heavy atom. The largest absolute Gasteiger partial charge is 0.401 e. The predicted octanol–water partition coefficient (Wildman–Crippen LogP) is 3.31. The molecule has 0 saturated carbocycles. The van der Waals surface area contributed by atoms with Crippen molar-refractivity contribution in [2.24, 2.45) is 0 Å². The van der Waals surface area contributed by atoms with Crippen LogP contribution in [0.1, 0.15) is 30.0 Å². The van der Waals surface area contributed by atoms with Crippen LogP contribution in [0.15, 0.2) is 18.3 Å². The maximum atomic E-state index is 12.3. The van der Waals surface area contributed by atoms with Crippen molar-refractivity contribution in [3.63, 3.8) is 0 Å². The van der Waals surface area contributed by atoms with Gasteiger partial charge in [0.25, 0.3) is 0 Å². The number of nitrogens with zero attached hydrogens (tertiary/aromatic N) is 1. The van der Waals surface area contributed by atoms with Crippen LogP contribution in [-0.4, -0.2) is 17.3 Å². The molecule has 0 aliphatic carbocycles. The molecule has 3 rings (SSSR count). The van der Waals surface area contributed by atoms with Gasteiger partial charge in [-0.3, -0.25) is 0 Å². The van der Waals surface area contributed by atoms with Crippen LogP contribution in [-0.2, 0) is 26.2 Å². The van der Waals surface area contributed by atoms with Gasteiger partial charge in [0, 0.05) is 43.3 Å². The highest BCUT2D eigenvalue weighted by atomic mass is 19.4. The molecular formula is C16H20F3N3. The maximum absolute atomic E-state index is 12.3. The van der Waals surface area contributed by atoms with E-state index in [0.717, 1.165) is 42.5 Å². The van der Waals surface area contributed by atoms with Crippen molar-refractivity contribution in [3.05, 3.63) is 35.0 Å². The molecule has 0 fully saturated rings. The van der Waals surface area contributed by atoms with Crippen LogP contribution in [0, 0.1) is 0 Å². The van der Waals surface area contributed by atoms with Crippen LogP contribution in [0.3, 0.4) is 0 Å². The summed E-state index contributed by atoms with van der Waals surface area (Å²) in [5.74, 6) is 0. The Kier molecular flexibility index (Phi) is 4.14. The highest BCUT2D eigenvalue weighted by Crippen LogP contribution is 2.28. The maximum Gasteiger partial charge on any atom is 0.401 e. The minimum absolute atomic E-state index is 0.235. The number of alkyl halides is 3. The molecule has 0 spiro atoms. The van der Waals surface area contributed by atoms with Crippen molar-refractivity contribution in [1.29, 1.82) is 0 Å². The van der Waals surface area contributed by atoms with E-state index in [1.54, 1.807) is 0 Å². The summed E-state index contributed by atoms with van der Waals surface area (Å²) in [6, 6.07) is 4.30. The predicted molar refractivity (Wildman–Crippen MR) is 80.5 cm³/mol. The first-order valence-electron chi connectivity index (χ1n) is 7.59. The van der Waals surface area contributed by atoms with Gasteiger partial charge in [-0.05, 0) is 35.2 Å². The lowest BCUT2D eigenvalue weighted by molar-refractivity contribution is -0.125. The van der Waals surface area contributed by atoms with Gasteiger partial charge in [-0.1, -0.05) is 6.92 Å². The third kappa shape index (κ3) is 3.13. The second-order valence-electron chi connectivity index (χ2n) is 5.81. The average Bonchev–Trinajstić information content (AvgIpc) is 3.01. The van der Waals surface area contributed by atoms with E-state index < -0.39 is 12.7 Å². The molecule has 0 bridgehead atoms. The van der Waals surface area contributed by atoms with E-state index in [-0.39, 0.29) is 6.54 Å². The number of rotatable bonds is 5. The Morgan fingerprint density at radius 3 is 2.64 bits per heavy atom. The molecule has 22 heavy (non-hydrogen) atoms. The first-order valence-corrected chi connectivity index (χ1v) is 7.59. The number of halogens is 3. The van der Waals surface area contributed by atoms with Crippen molar-refractivity contribution >= 4 is 10.9 Å². The second kappa shape index (κ2) is 5.93. The SMILES string of the molecule is CCCn1cc(CNCC(F)(F)F)c2cc3c(cc21)CNC3. The molecule has 0 atom stereocenters. The minimum atomic E-state index is -4.17. The molecule has 2 heterocycles. The Hall–Kier alpha value is -1.53. The molecule has 3 nitrogen and oxygen atoms in total. The Labute approximate surface area is 127 Å². The number of nitrogens with one attached hydrogen (secondary N) is 2. The fourth-order valence-corrected chi connectivity index (χ4v) is 3.07. The lowest BCUT2D eigenvalue weighted by atomic mass is 10.1. The van der Waals surface area contributed by atoms with Gasteiger partial charge < -0.3 is 15.2 Å². The molecule has 6 heteroatoms. The number of hydrogen-bond donors (Lipinski definition) is 2. The monoisotopic (exact) mass is 311 g/mol. The first-order chi connectivity index (χ1) is 10.5. The van der Waals surface area contributed by atoms with Gasteiger partial charge in [-0.2, -0.15) is 13.2 Å². The van der Waals surface area contributed by atoms with Crippen molar-refractivity contribution < 1.29 is 13.2 Å². The van der Waals surface area contributed by atoms with Crippen LogP contribution in [0.4, 0.5) is 13.2 Å². The van der Waals surface area contributed by atoms with E-state index in [9.17, 15) is 13.2 Å². The summed E-state index contributed by atoms with van der Waals surface area (Å²) in [6.07, 6.45) is -1.19. The van der Waals surface area contributed by atoms with E-state index in [2.05, 4.69) is 34.3 Å². The van der Waals surface area contributed by atoms with Crippen LogP contribution < -0.4 is 10.6 Å². The van der Waals surface area contributed by atoms with Crippen LogP contribution in [0.25, 0.3) is 10.9 Å². The zero-order valence-corrected chi connectivity index (χ0v) is 12.6. The van der Waals surface area contributed by atoms with E-state index in [1.165, 1.54) is 11.1 Å². The smallest absolute Gasteiger partial charge is 0.347 e. The molecule has 0 amide bonds. The lowest BCUT2D eigenvalue weighted by Crippen LogP contribution is -2.28. The number of benzene rings is 1. The van der Waals surface area contributed by atoms with Crippen LogP contribution in [0.5, 0.6) is 0 Å². The fraction of sp³-hybridized carbons (Fsp3) is 0.500. The topological polar surface area (TPSA) is 29.0 Å². The molecular weight excluding hydrogens is 291 g/mol. The van der Waals surface area contributed by atoms with Gasteiger partial charge in [0.1, 0.15) is 0 Å². The van der Waals surface area contributed by atoms with Crippen molar-refractivity contribution in [2.45, 2.75) is 45.7 Å². The third-order valence-electron chi connectivity index (χ3n) is 4.02. The summed E-state index contributed by atoms with van der Waals surface area (Å²) in [4.78, 5) is 0. The highest BCUT2D eigenvalue weighted by molar-refractivity contribution is 5.86. The second-order valence-corrected chi connectivity index (χ2v) is 5.81. The molecule has 2 N–H and O–H groups in total. The number of aryl methyl sites for hydroxylation is 1. The van der Waals surface area contributed by atoms with Crippen LogP contribution >= 0.6 is 0 Å². The quantitative estimate of drug-likeness (QED) is 0.887. The minimum Gasteiger partial charge on any atom is -0.347 e. The zero-order valence-electron chi connectivity index (χ0n) is 12.6. The summed E-state index contributed by atoms with van der Waals surface area (Å²) >= 11 is 0. The van der Waals surface area contributed by atoms with Crippen LogP contribution in [0.2, 0.25) is 0 Å². The highest BCUT2D eigenvalue weighted by Gasteiger charge is 2.26. The van der Waals surface area contributed by atoms with E-state index >= 15 is 0 Å². The van der Waals surface area contributed by atoms with Gasteiger partial charge in [0.15, 0.2) is 0 Å². The van der Waals surface area contributed by atoms with E-state index in [4.69, 9.17) is 0 Å². The molecule has 1 aliphatic rings. The summed E-state index contributed by atoms with van der Waals surface area (Å²) in [6.45, 7) is 3.95. The Bertz CT molecular complexity index is 673. The van der Waals surface area contributed by atoms with Gasteiger partial charge in [-0.15, -0.1) is 0 Å². The van der Waals surface area contributed by atoms with E-state index in [0.29, 0.717) is 0 Å². The fourth-order valence-electron chi connectivity index (χ4n) is 3.07. The Morgan fingerprint density at radius 2 is 1.95 bits per heavy atom. The van der Waals surface area contributed by atoms with Gasteiger partial charge in [-0.25, -0.2) is 0 Å². The number of aromatic nitrogens is 1. The molecule has 120 valence electrons. The van der Waals surface area contributed by atoms with Gasteiger partial charge >= 0.3 is 6.18 Å². The summed E-state index contributed by atoms with van der Waals surface area (Å²) in [7, 11) is 0. The van der Waals surface area contributed by atoms with Crippen molar-refractivity contribution in [3.8, 4) is 0 Å². The molecule has 1 aliphatic heterocycles. The number of fused-ring (bicyclic) bond motifs is 2. The van der Waals surface area contributed by atoms with Crippen molar-refractivity contribution in [1.82, 2.24) is 15.2 Å². The molecule has 0 unspecified atom stereocenters. The third-order valence-corrected chi connectivity index (χ3v) is 4.02. The molecule has 2 aromatic rings. The summed E-state index contributed by atoms with van der Waals surface area (Å²) in [5.41, 5.74) is 4.59. The Balaban J connectivity index is 1.91. The standard InChI is InChI=1S/C16H20F3N3/c1-2-3-22-9-13(8-21-10-16(17,18)19)14-4-11-6-20-7-12(11)5-15(14)22/h4-5,9,20-21H,2-3,6-8,10H2,1H3. The zero-order chi connectivity index (χ0) is 15.7. The summed E-state index contributed by atoms with van der Waals surface area (Å²) < 4.78 is 39.1. The van der Waals surface area contributed by atoms with Crippen molar-refractivity contribution in [2.75, 3.05) is 6.54 Å². The lowest BCUT2D eigenvalue weighted by Gasteiger charge is -2.07.